The summed E-state index contributed by atoms with van der Waals surface area (Å²) in [4.78, 5) is 51.1. The number of aryl methyl sites for hydroxylation is 1. The minimum atomic E-state index is -1.14. The van der Waals surface area contributed by atoms with Crippen molar-refractivity contribution in [2.45, 2.75) is 17.5 Å². The Morgan fingerprint density at radius 3 is 2.83 bits per heavy atom. The Morgan fingerprint density at radius 1 is 1.46 bits per heavy atom. The number of β-lactam (4-membered cyclic amide) rings is 1. The number of hydrogen-bond acceptors (Lipinski definition) is 7. The summed E-state index contributed by atoms with van der Waals surface area (Å²) >= 11 is 2.66. The molecule has 0 bridgehead atoms. The second kappa shape index (κ2) is 6.13. The van der Waals surface area contributed by atoms with E-state index in [0.29, 0.717) is 11.3 Å². The van der Waals surface area contributed by atoms with Crippen molar-refractivity contribution in [1.29, 1.82) is 0 Å². The molecule has 2 atom stereocenters. The standard InChI is InChI=1S/C13H14N4O5S2/c1-5-10(20)17-7(12(21)22)6(3-23-11(5)17)4-24-13-14-8(18)9(19)15-16(13)2/h5,11H,3-4H2,1-2H3,(H,15,19)(H,21,22)/t5-,11-/m1/s1. The molecule has 0 aliphatic carbocycles. The molecule has 1 aromatic rings. The van der Waals surface area contributed by atoms with Crippen molar-refractivity contribution < 1.29 is 14.7 Å². The van der Waals surface area contributed by atoms with Crippen LogP contribution in [-0.4, -0.2) is 53.5 Å². The molecule has 0 radical (unpaired) electrons. The fourth-order valence-electron chi connectivity index (χ4n) is 2.59. The van der Waals surface area contributed by atoms with Crippen LogP contribution in [0.1, 0.15) is 6.92 Å². The van der Waals surface area contributed by atoms with Crippen LogP contribution in [0.4, 0.5) is 0 Å². The summed E-state index contributed by atoms with van der Waals surface area (Å²) in [7, 11) is 1.54. The van der Waals surface area contributed by atoms with Crippen LogP contribution in [0, 0.1) is 5.92 Å². The molecule has 11 heteroatoms. The van der Waals surface area contributed by atoms with Gasteiger partial charge in [0.05, 0.1) is 11.3 Å². The van der Waals surface area contributed by atoms with Crippen LogP contribution in [0.25, 0.3) is 0 Å². The van der Waals surface area contributed by atoms with Crippen LogP contribution in [0.3, 0.4) is 0 Å². The largest absolute Gasteiger partial charge is 0.477 e. The van der Waals surface area contributed by atoms with Gasteiger partial charge >= 0.3 is 17.1 Å². The highest BCUT2D eigenvalue weighted by Gasteiger charge is 2.50. The summed E-state index contributed by atoms with van der Waals surface area (Å²) in [5, 5.41) is 11.9. The Kier molecular flexibility index (Phi) is 4.30. The highest BCUT2D eigenvalue weighted by Crippen LogP contribution is 2.44. The Hall–Kier alpha value is -2.01. The SMILES string of the molecule is C[C@@H]1C(=O)N2C(C(=O)O)=C(CSc3nc(=O)c(=O)[nH]n3C)CS[C@H]12. The van der Waals surface area contributed by atoms with Crippen molar-refractivity contribution >= 4 is 35.4 Å². The Balaban J connectivity index is 1.87. The normalized spacial score (nSPS) is 23.1. The number of amides is 1. The van der Waals surface area contributed by atoms with Crippen molar-refractivity contribution in [3.63, 3.8) is 0 Å². The fraction of sp³-hybridized carbons (Fsp3) is 0.462. The highest BCUT2D eigenvalue weighted by atomic mass is 32.2. The van der Waals surface area contributed by atoms with Crippen molar-refractivity contribution in [3.8, 4) is 0 Å². The van der Waals surface area contributed by atoms with Crippen molar-refractivity contribution in [3.05, 3.63) is 32.0 Å². The number of aliphatic carboxylic acids is 1. The van der Waals surface area contributed by atoms with Crippen LogP contribution in [0.2, 0.25) is 0 Å². The van der Waals surface area contributed by atoms with E-state index in [1.807, 2.05) is 0 Å². The van der Waals surface area contributed by atoms with Crippen LogP contribution >= 0.6 is 23.5 Å². The van der Waals surface area contributed by atoms with Gasteiger partial charge in [-0.05, 0) is 5.57 Å². The maximum Gasteiger partial charge on any atom is 0.352 e. The third kappa shape index (κ3) is 2.67. The zero-order valence-corrected chi connectivity index (χ0v) is 14.4. The highest BCUT2D eigenvalue weighted by molar-refractivity contribution is 8.01. The van der Waals surface area contributed by atoms with E-state index in [-0.39, 0.29) is 33.8 Å². The predicted molar refractivity (Wildman–Crippen MR) is 87.7 cm³/mol. The summed E-state index contributed by atoms with van der Waals surface area (Å²) in [6.45, 7) is 1.79. The van der Waals surface area contributed by atoms with E-state index in [9.17, 15) is 24.3 Å². The lowest BCUT2D eigenvalue weighted by molar-refractivity contribution is -0.151. The van der Waals surface area contributed by atoms with Gasteiger partial charge in [0.15, 0.2) is 5.16 Å². The molecule has 3 rings (SSSR count). The second-order valence-corrected chi connectivity index (χ2v) is 7.49. The number of fused-ring (bicyclic) bond motifs is 1. The average Bonchev–Trinajstić information content (AvgIpc) is 2.55. The van der Waals surface area contributed by atoms with Crippen LogP contribution in [0.15, 0.2) is 26.0 Å². The number of nitrogens with zero attached hydrogens (tertiary/aromatic N) is 3. The molecule has 24 heavy (non-hydrogen) atoms. The number of H-pyrrole nitrogens is 1. The zero-order valence-electron chi connectivity index (χ0n) is 12.8. The van der Waals surface area contributed by atoms with Gasteiger partial charge in [0.1, 0.15) is 5.70 Å². The average molecular weight is 370 g/mol. The number of aromatic amines is 1. The molecule has 2 aliphatic rings. The maximum atomic E-state index is 12.0. The number of carbonyl (C=O) groups is 2. The second-order valence-electron chi connectivity index (χ2n) is 5.44. The summed E-state index contributed by atoms with van der Waals surface area (Å²) in [6, 6.07) is 0. The third-order valence-corrected chi connectivity index (χ3v) is 6.43. The molecular weight excluding hydrogens is 356 g/mol. The lowest BCUT2D eigenvalue weighted by Gasteiger charge is -2.48. The first-order valence-corrected chi connectivity index (χ1v) is 9.05. The van der Waals surface area contributed by atoms with E-state index in [4.69, 9.17) is 0 Å². The molecule has 1 saturated heterocycles. The summed E-state index contributed by atoms with van der Waals surface area (Å²) in [6.07, 6.45) is 0. The van der Waals surface area contributed by atoms with E-state index >= 15 is 0 Å². The summed E-state index contributed by atoms with van der Waals surface area (Å²) < 4.78 is 1.31. The lowest BCUT2D eigenvalue weighted by Crippen LogP contribution is -2.60. The molecule has 2 aliphatic heterocycles. The molecule has 1 fully saturated rings. The number of carboxylic acids is 1. The minimum Gasteiger partial charge on any atom is -0.477 e. The van der Waals surface area contributed by atoms with E-state index in [1.165, 1.54) is 28.4 Å². The molecular formula is C13H14N4O5S2. The number of nitrogens with one attached hydrogen (secondary N) is 1. The van der Waals surface area contributed by atoms with E-state index in [1.54, 1.807) is 6.92 Å². The van der Waals surface area contributed by atoms with Gasteiger partial charge in [-0.25, -0.2) is 4.79 Å². The number of hydrogen-bond donors (Lipinski definition) is 2. The topological polar surface area (TPSA) is 125 Å². The lowest BCUT2D eigenvalue weighted by atomic mass is 9.98. The van der Waals surface area contributed by atoms with E-state index in [0.717, 1.165) is 11.8 Å². The Morgan fingerprint density at radius 2 is 2.17 bits per heavy atom. The van der Waals surface area contributed by atoms with Crippen LogP contribution in [-0.2, 0) is 16.6 Å². The number of aromatic nitrogens is 3. The van der Waals surface area contributed by atoms with Gasteiger partial charge in [0, 0.05) is 18.6 Å². The molecule has 2 N–H and O–H groups in total. The molecule has 3 heterocycles. The van der Waals surface area contributed by atoms with Crippen molar-refractivity contribution in [2.75, 3.05) is 11.5 Å². The van der Waals surface area contributed by atoms with Crippen LogP contribution < -0.4 is 11.1 Å². The Bertz CT molecular complexity index is 874. The summed E-state index contributed by atoms with van der Waals surface area (Å²) in [5.74, 6) is -0.766. The Labute approximate surface area is 144 Å². The number of carboxylic acid groups (broad SMARTS) is 1. The monoisotopic (exact) mass is 370 g/mol. The molecule has 0 spiro atoms. The third-order valence-electron chi connectivity index (χ3n) is 3.84. The molecule has 128 valence electrons. The zero-order chi connectivity index (χ0) is 17.6. The molecule has 9 nitrogen and oxygen atoms in total. The predicted octanol–water partition coefficient (Wildman–Crippen LogP) is -0.549. The molecule has 0 aromatic carbocycles. The van der Waals surface area contributed by atoms with Gasteiger partial charge in [0.2, 0.25) is 5.91 Å². The molecule has 1 aromatic heterocycles. The van der Waals surface area contributed by atoms with Gasteiger partial charge in [0.25, 0.3) is 0 Å². The van der Waals surface area contributed by atoms with Crippen molar-refractivity contribution in [1.82, 2.24) is 19.7 Å². The van der Waals surface area contributed by atoms with E-state index in [2.05, 4.69) is 10.1 Å². The summed E-state index contributed by atoms with van der Waals surface area (Å²) in [5.41, 5.74) is -1.10. The number of thioether (sulfide) groups is 2. The quantitative estimate of drug-likeness (QED) is 0.411. The number of rotatable bonds is 4. The number of carbonyl (C=O) groups excluding carboxylic acids is 1. The van der Waals surface area contributed by atoms with Gasteiger partial charge in [-0.3, -0.25) is 29.1 Å². The van der Waals surface area contributed by atoms with Gasteiger partial charge < -0.3 is 5.11 Å². The van der Waals surface area contributed by atoms with Gasteiger partial charge in [-0.2, -0.15) is 4.98 Å². The van der Waals surface area contributed by atoms with Gasteiger partial charge in [-0.1, -0.05) is 18.7 Å². The smallest absolute Gasteiger partial charge is 0.352 e. The van der Waals surface area contributed by atoms with Crippen molar-refractivity contribution in [2.24, 2.45) is 13.0 Å². The molecule has 1 amide bonds. The fourth-order valence-corrected chi connectivity index (χ4v) is 5.03. The van der Waals surface area contributed by atoms with E-state index < -0.39 is 17.1 Å². The molecule has 0 unspecified atom stereocenters. The first kappa shape index (κ1) is 16.8. The maximum absolute atomic E-state index is 12.0. The van der Waals surface area contributed by atoms with Crippen LogP contribution in [0.5, 0.6) is 0 Å². The minimum absolute atomic E-state index is 0.0174. The molecule has 0 saturated carbocycles. The first-order chi connectivity index (χ1) is 11.3. The van der Waals surface area contributed by atoms with Gasteiger partial charge in [-0.15, -0.1) is 11.8 Å². The first-order valence-electron chi connectivity index (χ1n) is 7.01.